The number of aromatic nitrogens is 4. The molecule has 2 heterocycles. The number of carbonyl (C=O) groups excluding carboxylic acids is 3. The third-order valence-corrected chi connectivity index (χ3v) is 8.13. The molecule has 1 aromatic carbocycles. The lowest BCUT2D eigenvalue weighted by Crippen LogP contribution is -2.43. The zero-order valence-electron chi connectivity index (χ0n) is 24.3. The van der Waals surface area contributed by atoms with Crippen LogP contribution in [-0.4, -0.2) is 68.9 Å². The molecule has 3 aromatic rings. The van der Waals surface area contributed by atoms with E-state index >= 15 is 0 Å². The molecule has 0 saturated carbocycles. The van der Waals surface area contributed by atoms with Crippen LogP contribution in [0.1, 0.15) is 50.2 Å². The number of nitrogens with zero attached hydrogens (tertiary/aromatic N) is 4. The Morgan fingerprint density at radius 2 is 1.49 bits per heavy atom. The van der Waals surface area contributed by atoms with Crippen LogP contribution in [0.3, 0.4) is 0 Å². The molecule has 0 aliphatic heterocycles. The van der Waals surface area contributed by atoms with Gasteiger partial charge in [0.25, 0.3) is 0 Å². The number of hydrogen-bond donors (Lipinski definition) is 3. The van der Waals surface area contributed by atoms with Gasteiger partial charge in [-0.15, -0.1) is 20.4 Å². The van der Waals surface area contributed by atoms with Crippen molar-refractivity contribution in [1.82, 2.24) is 25.7 Å². The monoisotopic (exact) mass is 621 g/mol. The molecular weight excluding hydrogens is 583 g/mol. The van der Waals surface area contributed by atoms with Crippen LogP contribution in [0.4, 0.5) is 10.3 Å². The third-order valence-electron chi connectivity index (χ3n) is 5.35. The summed E-state index contributed by atoms with van der Waals surface area (Å²) in [6.45, 7) is 9.77. The second-order valence-electron chi connectivity index (χ2n) is 10.1. The Morgan fingerprint density at radius 1 is 0.951 bits per heavy atom. The molecule has 41 heavy (non-hydrogen) atoms. The minimum Gasteiger partial charge on any atom is -0.379 e. The first kappa shape index (κ1) is 34.3. The number of carbonyl (C=O) groups is 3. The summed E-state index contributed by atoms with van der Waals surface area (Å²) in [4.78, 5) is 35.2. The molecule has 0 aliphatic carbocycles. The van der Waals surface area contributed by atoms with Gasteiger partial charge in [0.1, 0.15) is 16.1 Å². The fraction of sp³-hybridized carbons (Fsp3) is 0.519. The van der Waals surface area contributed by atoms with E-state index in [-0.39, 0.29) is 23.3 Å². The van der Waals surface area contributed by atoms with Gasteiger partial charge in [0.2, 0.25) is 28.5 Å². The van der Waals surface area contributed by atoms with Gasteiger partial charge >= 0.3 is 0 Å². The van der Waals surface area contributed by atoms with Gasteiger partial charge in [-0.2, -0.15) is 11.8 Å². The van der Waals surface area contributed by atoms with E-state index in [1.54, 1.807) is 18.9 Å². The summed E-state index contributed by atoms with van der Waals surface area (Å²) in [5.41, 5.74) is 0.991. The maximum Gasteiger partial charge on any atom is 0.249 e. The molecule has 0 aliphatic rings. The highest BCUT2D eigenvalue weighted by molar-refractivity contribution is 7.99. The first-order chi connectivity index (χ1) is 19.5. The number of aryl methyl sites for hydroxylation is 2. The summed E-state index contributed by atoms with van der Waals surface area (Å²) in [6, 6.07) is 8.94. The number of amides is 3. The fourth-order valence-corrected chi connectivity index (χ4v) is 5.64. The second-order valence-corrected chi connectivity index (χ2v) is 13.5. The van der Waals surface area contributed by atoms with E-state index < -0.39 is 6.04 Å². The van der Waals surface area contributed by atoms with Crippen molar-refractivity contribution in [3.63, 3.8) is 0 Å². The summed E-state index contributed by atoms with van der Waals surface area (Å²) in [5, 5.41) is 27.0. The van der Waals surface area contributed by atoms with Crippen LogP contribution in [0.15, 0.2) is 30.3 Å². The van der Waals surface area contributed by atoms with Crippen LogP contribution in [0.2, 0.25) is 0 Å². The zero-order chi connectivity index (χ0) is 30.3. The number of rotatable bonds is 14. The lowest BCUT2D eigenvalue weighted by molar-refractivity contribution is -0.122. The van der Waals surface area contributed by atoms with Gasteiger partial charge < -0.3 is 15.4 Å². The minimum atomic E-state index is -0.617. The highest BCUT2D eigenvalue weighted by Crippen LogP contribution is 2.20. The highest BCUT2D eigenvalue weighted by Gasteiger charge is 2.22. The average molecular weight is 622 g/mol. The van der Waals surface area contributed by atoms with Crippen LogP contribution < -0.4 is 16.0 Å². The Labute approximate surface area is 253 Å². The van der Waals surface area contributed by atoms with Crippen molar-refractivity contribution in [1.29, 1.82) is 0 Å². The van der Waals surface area contributed by atoms with Crippen molar-refractivity contribution in [2.75, 3.05) is 29.2 Å². The molecule has 0 radical (unpaired) electrons. The molecule has 3 rings (SSSR count). The summed E-state index contributed by atoms with van der Waals surface area (Å²) in [5.74, 6) is 1.25. The molecule has 1 unspecified atom stereocenters. The molecule has 3 amide bonds. The van der Waals surface area contributed by atoms with Gasteiger partial charge in [0.15, 0.2) is 0 Å². The summed E-state index contributed by atoms with van der Waals surface area (Å²) >= 11 is 4.48. The van der Waals surface area contributed by atoms with Crippen LogP contribution in [0, 0.1) is 5.92 Å². The Hall–Kier alpha value is -2.94. The first-order valence-corrected chi connectivity index (χ1v) is 15.9. The van der Waals surface area contributed by atoms with Gasteiger partial charge in [-0.1, -0.05) is 66.9 Å². The Bertz CT molecular complexity index is 1210. The summed E-state index contributed by atoms with van der Waals surface area (Å²) in [6.07, 6.45) is 2.32. The number of benzene rings is 1. The third kappa shape index (κ3) is 14.0. The quantitative estimate of drug-likeness (QED) is 0.178. The van der Waals surface area contributed by atoms with Crippen molar-refractivity contribution in [3.05, 3.63) is 45.9 Å². The van der Waals surface area contributed by atoms with E-state index in [1.165, 1.54) is 22.7 Å². The molecule has 14 heteroatoms. The molecule has 0 fully saturated rings. The van der Waals surface area contributed by atoms with Gasteiger partial charge in [-0.3, -0.25) is 19.7 Å². The molecule has 3 N–H and O–H groups in total. The van der Waals surface area contributed by atoms with Crippen molar-refractivity contribution in [2.24, 2.45) is 5.92 Å². The smallest absolute Gasteiger partial charge is 0.249 e. The lowest BCUT2D eigenvalue weighted by Gasteiger charge is -2.18. The van der Waals surface area contributed by atoms with Crippen LogP contribution >= 0.6 is 34.4 Å². The maximum absolute atomic E-state index is 12.3. The molecule has 1 atom stereocenters. The topological polar surface area (TPSA) is 148 Å². The number of anilines is 2. The molecule has 2 aromatic heterocycles. The first-order valence-electron chi connectivity index (χ1n) is 13.1. The van der Waals surface area contributed by atoms with Crippen LogP contribution in [-0.2, 0) is 38.4 Å². The van der Waals surface area contributed by atoms with Gasteiger partial charge in [0, 0.05) is 20.0 Å². The van der Waals surface area contributed by atoms with E-state index in [1.807, 2.05) is 65.0 Å². The lowest BCUT2D eigenvalue weighted by atomic mass is 10.0. The van der Waals surface area contributed by atoms with E-state index in [2.05, 4.69) is 36.3 Å². The van der Waals surface area contributed by atoms with Crippen molar-refractivity contribution in [2.45, 2.75) is 65.5 Å². The predicted molar refractivity (Wildman–Crippen MR) is 167 cm³/mol. The van der Waals surface area contributed by atoms with Gasteiger partial charge in [-0.05, 0) is 43.8 Å². The molecule has 11 nitrogen and oxygen atoms in total. The Kier molecular flexibility index (Phi) is 14.9. The van der Waals surface area contributed by atoms with E-state index in [0.717, 1.165) is 39.9 Å². The number of ether oxygens (including phenoxy) is 1. The van der Waals surface area contributed by atoms with Crippen LogP contribution in [0.25, 0.3) is 0 Å². The van der Waals surface area contributed by atoms with Crippen molar-refractivity contribution in [3.8, 4) is 0 Å². The molecular formula is C27H39N7O4S3. The number of nitrogens with one attached hydrogen (secondary N) is 3. The summed E-state index contributed by atoms with van der Waals surface area (Å²) in [7, 11) is 1.71. The normalized spacial score (nSPS) is 11.8. The largest absolute Gasteiger partial charge is 0.379 e. The van der Waals surface area contributed by atoms with Gasteiger partial charge in [-0.25, -0.2) is 0 Å². The Balaban J connectivity index is 0.000000883. The van der Waals surface area contributed by atoms with E-state index in [9.17, 15) is 14.4 Å². The van der Waals surface area contributed by atoms with Crippen molar-refractivity contribution < 1.29 is 19.1 Å². The van der Waals surface area contributed by atoms with E-state index in [0.29, 0.717) is 23.1 Å². The minimum absolute atomic E-state index is 0.0417. The standard InChI is InChI=1S/C22H27N7O3S3.C5H12O/c1-14(2)19(23-13-30)20(32)25-22-29-27-18(35-22)9-11-33-10-8-17-26-28-21(34-17)24-16(31)12-15-6-4-3-5-7-15;1-5(2,3)6-4/h3-7,13-14,19H,8-12H2,1-2H3,(H,23,30)(H,24,28,31)(H,25,29,32);1-4H3. The van der Waals surface area contributed by atoms with Crippen molar-refractivity contribution >= 4 is 62.9 Å². The highest BCUT2D eigenvalue weighted by atomic mass is 32.2. The number of thioether (sulfide) groups is 1. The predicted octanol–water partition coefficient (Wildman–Crippen LogP) is 4.23. The molecule has 0 bridgehead atoms. The number of hydrogen-bond acceptors (Lipinski definition) is 11. The second kappa shape index (κ2) is 17.8. The van der Waals surface area contributed by atoms with E-state index in [4.69, 9.17) is 4.74 Å². The molecule has 0 spiro atoms. The summed E-state index contributed by atoms with van der Waals surface area (Å²) < 4.78 is 4.94. The number of methoxy groups -OCH3 is 1. The molecule has 0 saturated heterocycles. The zero-order valence-corrected chi connectivity index (χ0v) is 26.8. The fourth-order valence-electron chi connectivity index (χ4n) is 3.00. The van der Waals surface area contributed by atoms with Gasteiger partial charge in [0.05, 0.1) is 12.0 Å². The van der Waals surface area contributed by atoms with Crippen LogP contribution in [0.5, 0.6) is 0 Å². The SMILES string of the molecule is CC(C)C(NC=O)C(=O)Nc1nnc(CCSCCc2nnc(NC(=O)Cc3ccccc3)s2)s1.COC(C)(C)C. The average Bonchev–Trinajstić information content (AvgIpc) is 3.56. The Morgan fingerprint density at radius 3 is 1.98 bits per heavy atom. The molecule has 224 valence electrons. The maximum atomic E-state index is 12.3.